The Hall–Kier alpha value is -3.15. The van der Waals surface area contributed by atoms with Gasteiger partial charge in [-0.25, -0.2) is 0 Å². The van der Waals surface area contributed by atoms with Gasteiger partial charge in [-0.15, -0.1) is 0 Å². The smallest absolute Gasteiger partial charge is 0.311 e. The number of nitrogens with one attached hydrogen (secondary N) is 1. The Bertz CT molecular complexity index is 866. The van der Waals surface area contributed by atoms with Crippen molar-refractivity contribution in [2.24, 2.45) is 5.92 Å². The van der Waals surface area contributed by atoms with Crippen molar-refractivity contribution in [1.29, 1.82) is 0 Å². The van der Waals surface area contributed by atoms with E-state index >= 15 is 0 Å². The van der Waals surface area contributed by atoms with E-state index in [1.165, 1.54) is 0 Å². The lowest BCUT2D eigenvalue weighted by Gasteiger charge is -2.25. The summed E-state index contributed by atoms with van der Waals surface area (Å²) in [6.07, 6.45) is 0.107. The highest BCUT2D eigenvalue weighted by molar-refractivity contribution is 5.94. The summed E-state index contributed by atoms with van der Waals surface area (Å²) in [6, 6.07) is 16.9. The lowest BCUT2D eigenvalue weighted by molar-refractivity contribution is -0.151. The Kier molecular flexibility index (Phi) is 6.09. The second-order valence-electron chi connectivity index (χ2n) is 7.00. The Morgan fingerprint density at radius 3 is 2.54 bits per heavy atom. The SMILES string of the molecule is Cc1ccccc1NC(=O)COC(=O)[C@@H]1CC(=O)N([C@@H](C)c2ccccc2)C1. The first-order valence-corrected chi connectivity index (χ1v) is 9.32. The minimum atomic E-state index is -0.551. The van der Waals surface area contributed by atoms with Crippen LogP contribution in [0, 0.1) is 12.8 Å². The largest absolute Gasteiger partial charge is 0.455 e. The predicted octanol–water partition coefficient (Wildman–Crippen LogP) is 3.09. The van der Waals surface area contributed by atoms with Crippen molar-refractivity contribution in [3.8, 4) is 0 Å². The number of ether oxygens (including phenoxy) is 1. The molecule has 0 unspecified atom stereocenters. The zero-order chi connectivity index (χ0) is 20.1. The van der Waals surface area contributed by atoms with Crippen molar-refractivity contribution in [3.05, 3.63) is 65.7 Å². The fraction of sp³-hybridized carbons (Fsp3) is 0.318. The van der Waals surface area contributed by atoms with Gasteiger partial charge >= 0.3 is 5.97 Å². The third-order valence-electron chi connectivity index (χ3n) is 5.01. The van der Waals surface area contributed by atoms with Gasteiger partial charge in [0.1, 0.15) is 0 Å². The number of para-hydroxylation sites is 1. The summed E-state index contributed by atoms with van der Waals surface area (Å²) in [5.41, 5.74) is 2.62. The second-order valence-corrected chi connectivity index (χ2v) is 7.00. The molecule has 1 N–H and O–H groups in total. The van der Waals surface area contributed by atoms with Crippen LogP contribution in [0.1, 0.15) is 30.5 Å². The van der Waals surface area contributed by atoms with Gasteiger partial charge in [0.25, 0.3) is 5.91 Å². The molecule has 2 atom stereocenters. The minimum absolute atomic E-state index is 0.0809. The third-order valence-corrected chi connectivity index (χ3v) is 5.01. The number of benzene rings is 2. The number of carbonyl (C=O) groups excluding carboxylic acids is 3. The molecule has 0 aliphatic carbocycles. The van der Waals surface area contributed by atoms with Crippen LogP contribution in [-0.2, 0) is 19.1 Å². The van der Waals surface area contributed by atoms with Gasteiger partial charge in [0.15, 0.2) is 6.61 Å². The van der Waals surface area contributed by atoms with E-state index < -0.39 is 17.8 Å². The van der Waals surface area contributed by atoms with E-state index in [9.17, 15) is 14.4 Å². The van der Waals surface area contributed by atoms with E-state index in [1.54, 1.807) is 11.0 Å². The first-order chi connectivity index (χ1) is 13.5. The molecule has 1 fully saturated rings. The Labute approximate surface area is 164 Å². The summed E-state index contributed by atoms with van der Waals surface area (Å²) in [5.74, 6) is -1.55. The number of hydrogen-bond acceptors (Lipinski definition) is 4. The van der Waals surface area contributed by atoms with Gasteiger partial charge in [0.05, 0.1) is 12.0 Å². The number of anilines is 1. The van der Waals surface area contributed by atoms with Crippen molar-refractivity contribution < 1.29 is 19.1 Å². The highest BCUT2D eigenvalue weighted by Crippen LogP contribution is 2.29. The molecular weight excluding hydrogens is 356 g/mol. The second kappa shape index (κ2) is 8.69. The molecule has 6 heteroatoms. The molecule has 1 aliphatic heterocycles. The number of carbonyl (C=O) groups is 3. The van der Waals surface area contributed by atoms with Crippen LogP contribution >= 0.6 is 0 Å². The van der Waals surface area contributed by atoms with E-state index in [0.29, 0.717) is 12.2 Å². The molecule has 3 rings (SSSR count). The molecule has 1 heterocycles. The lowest BCUT2D eigenvalue weighted by Crippen LogP contribution is -2.30. The quantitative estimate of drug-likeness (QED) is 0.782. The van der Waals surface area contributed by atoms with Gasteiger partial charge in [0.2, 0.25) is 5.91 Å². The van der Waals surface area contributed by atoms with Crippen molar-refractivity contribution in [2.75, 3.05) is 18.5 Å². The molecule has 0 aromatic heterocycles. The van der Waals surface area contributed by atoms with Gasteiger partial charge in [-0.05, 0) is 31.0 Å². The first kappa shape index (κ1) is 19.6. The van der Waals surface area contributed by atoms with Gasteiger partial charge in [0, 0.05) is 18.7 Å². The van der Waals surface area contributed by atoms with Crippen LogP contribution in [0.15, 0.2) is 54.6 Å². The molecule has 6 nitrogen and oxygen atoms in total. The van der Waals surface area contributed by atoms with Crippen LogP contribution in [0.2, 0.25) is 0 Å². The van der Waals surface area contributed by atoms with E-state index in [1.807, 2.05) is 62.4 Å². The predicted molar refractivity (Wildman–Crippen MR) is 105 cm³/mol. The maximum absolute atomic E-state index is 12.4. The summed E-state index contributed by atoms with van der Waals surface area (Å²) in [5, 5.41) is 2.72. The van der Waals surface area contributed by atoms with Crippen LogP contribution in [0.5, 0.6) is 0 Å². The summed E-state index contributed by atoms with van der Waals surface area (Å²) in [7, 11) is 0. The molecule has 2 amide bonds. The Balaban J connectivity index is 1.52. The van der Waals surface area contributed by atoms with Crippen LogP contribution in [0.3, 0.4) is 0 Å². The zero-order valence-electron chi connectivity index (χ0n) is 16.1. The fourth-order valence-electron chi connectivity index (χ4n) is 3.33. The minimum Gasteiger partial charge on any atom is -0.455 e. The standard InChI is InChI=1S/C22H24N2O4/c1-15-8-6-7-11-19(15)23-20(25)14-28-22(27)18-12-21(26)24(13-18)16(2)17-9-4-3-5-10-17/h3-11,16,18H,12-14H2,1-2H3,(H,23,25)/t16-,18+/m0/s1. The monoisotopic (exact) mass is 380 g/mol. The number of likely N-dealkylation sites (tertiary alicyclic amines) is 1. The van der Waals surface area contributed by atoms with E-state index in [4.69, 9.17) is 4.74 Å². The third kappa shape index (κ3) is 4.57. The molecule has 0 saturated carbocycles. The number of hydrogen-bond donors (Lipinski definition) is 1. The van der Waals surface area contributed by atoms with Crippen LogP contribution in [0.25, 0.3) is 0 Å². The van der Waals surface area contributed by atoms with Crippen molar-refractivity contribution in [2.45, 2.75) is 26.3 Å². The average molecular weight is 380 g/mol. The van der Waals surface area contributed by atoms with E-state index in [2.05, 4.69) is 5.32 Å². The summed E-state index contributed by atoms with van der Waals surface area (Å²) in [6.45, 7) is 3.75. The summed E-state index contributed by atoms with van der Waals surface area (Å²) >= 11 is 0. The van der Waals surface area contributed by atoms with E-state index in [0.717, 1.165) is 11.1 Å². The Morgan fingerprint density at radius 1 is 1.14 bits per heavy atom. The number of aryl methyl sites for hydroxylation is 1. The number of nitrogens with zero attached hydrogens (tertiary/aromatic N) is 1. The van der Waals surface area contributed by atoms with E-state index in [-0.39, 0.29) is 25.0 Å². The molecule has 0 bridgehead atoms. The topological polar surface area (TPSA) is 75.7 Å². The lowest BCUT2D eigenvalue weighted by atomic mass is 10.1. The Morgan fingerprint density at radius 2 is 1.82 bits per heavy atom. The van der Waals surface area contributed by atoms with Crippen molar-refractivity contribution >= 4 is 23.5 Å². The molecule has 146 valence electrons. The summed E-state index contributed by atoms with van der Waals surface area (Å²) in [4.78, 5) is 38.4. The summed E-state index contributed by atoms with van der Waals surface area (Å²) < 4.78 is 5.15. The van der Waals surface area contributed by atoms with Crippen LogP contribution in [-0.4, -0.2) is 35.8 Å². The van der Waals surface area contributed by atoms with Gasteiger partial charge < -0.3 is 15.0 Å². The molecular formula is C22H24N2O4. The number of esters is 1. The van der Waals surface area contributed by atoms with Crippen LogP contribution in [0.4, 0.5) is 5.69 Å². The molecule has 2 aromatic carbocycles. The van der Waals surface area contributed by atoms with Crippen LogP contribution < -0.4 is 5.32 Å². The fourth-order valence-corrected chi connectivity index (χ4v) is 3.33. The zero-order valence-corrected chi connectivity index (χ0v) is 16.1. The molecule has 0 spiro atoms. The van der Waals surface area contributed by atoms with Gasteiger partial charge in [-0.1, -0.05) is 48.5 Å². The number of amides is 2. The highest BCUT2D eigenvalue weighted by atomic mass is 16.5. The highest BCUT2D eigenvalue weighted by Gasteiger charge is 2.38. The normalized spacial score (nSPS) is 17.3. The molecule has 28 heavy (non-hydrogen) atoms. The van der Waals surface area contributed by atoms with Crippen molar-refractivity contribution in [3.63, 3.8) is 0 Å². The average Bonchev–Trinajstić information content (AvgIpc) is 3.10. The maximum Gasteiger partial charge on any atom is 0.311 e. The van der Waals surface area contributed by atoms with Gasteiger partial charge in [-0.3, -0.25) is 14.4 Å². The first-order valence-electron chi connectivity index (χ1n) is 9.32. The van der Waals surface area contributed by atoms with Crippen molar-refractivity contribution in [1.82, 2.24) is 4.90 Å². The van der Waals surface area contributed by atoms with Gasteiger partial charge in [-0.2, -0.15) is 0 Å². The maximum atomic E-state index is 12.4. The molecule has 0 radical (unpaired) electrons. The number of rotatable bonds is 6. The molecule has 1 aliphatic rings. The molecule has 1 saturated heterocycles. The molecule has 2 aromatic rings.